The van der Waals surface area contributed by atoms with Crippen molar-refractivity contribution in [2.75, 3.05) is 26.7 Å². The number of carbonyl (C=O) groups is 1. The van der Waals surface area contributed by atoms with Gasteiger partial charge in [0.05, 0.1) is 6.61 Å². The Labute approximate surface area is 59.9 Å². The molecule has 1 rings (SSSR count). The molecule has 10 heavy (non-hydrogen) atoms. The highest BCUT2D eigenvalue weighted by Crippen LogP contribution is 1.94. The fraction of sp³-hybridized carbons (Fsp3) is 0.833. The van der Waals surface area contributed by atoms with E-state index in [1.165, 1.54) is 0 Å². The Bertz CT molecular complexity index is 121. The van der Waals surface area contributed by atoms with E-state index in [2.05, 4.69) is 10.6 Å². The third-order valence-electron chi connectivity index (χ3n) is 1.47. The molecular weight excluding hydrogens is 132 g/mol. The number of rotatable bonds is 1. The van der Waals surface area contributed by atoms with Crippen LogP contribution in [0.3, 0.4) is 0 Å². The van der Waals surface area contributed by atoms with E-state index in [1.54, 1.807) is 7.05 Å². The van der Waals surface area contributed by atoms with Crippen LogP contribution in [-0.4, -0.2) is 38.8 Å². The maximum atomic E-state index is 10.9. The summed E-state index contributed by atoms with van der Waals surface area (Å²) in [6, 6.07) is 0. The van der Waals surface area contributed by atoms with Gasteiger partial charge < -0.3 is 15.4 Å². The Hall–Kier alpha value is -0.610. The summed E-state index contributed by atoms with van der Waals surface area (Å²) in [6.07, 6.45) is -0.293. The number of likely N-dealkylation sites (N-methyl/N-ethyl adjacent to an activating group) is 1. The highest BCUT2D eigenvalue weighted by molar-refractivity contribution is 5.80. The molecule has 1 amide bonds. The van der Waals surface area contributed by atoms with Crippen molar-refractivity contribution in [3.63, 3.8) is 0 Å². The van der Waals surface area contributed by atoms with Crippen LogP contribution in [0.5, 0.6) is 0 Å². The summed E-state index contributed by atoms with van der Waals surface area (Å²) in [4.78, 5) is 10.9. The SMILES string of the molecule is CNC(=O)[C@H]1CNCCO1. The van der Waals surface area contributed by atoms with Crippen molar-refractivity contribution in [2.24, 2.45) is 0 Å². The van der Waals surface area contributed by atoms with Crippen molar-refractivity contribution in [2.45, 2.75) is 6.10 Å². The van der Waals surface area contributed by atoms with Gasteiger partial charge in [-0.15, -0.1) is 0 Å². The molecule has 0 bridgehead atoms. The molecule has 0 saturated carbocycles. The fourth-order valence-electron chi connectivity index (χ4n) is 0.895. The molecule has 1 aliphatic heterocycles. The first-order chi connectivity index (χ1) is 4.84. The van der Waals surface area contributed by atoms with E-state index in [4.69, 9.17) is 4.74 Å². The third kappa shape index (κ3) is 1.68. The summed E-state index contributed by atoms with van der Waals surface area (Å²) in [6.45, 7) is 2.09. The Balaban J connectivity index is 2.31. The van der Waals surface area contributed by atoms with E-state index in [-0.39, 0.29) is 12.0 Å². The van der Waals surface area contributed by atoms with Crippen LogP contribution >= 0.6 is 0 Å². The van der Waals surface area contributed by atoms with Gasteiger partial charge in [0.2, 0.25) is 5.91 Å². The van der Waals surface area contributed by atoms with Crippen LogP contribution in [0.2, 0.25) is 0 Å². The molecule has 1 atom stereocenters. The van der Waals surface area contributed by atoms with Crippen molar-refractivity contribution in [3.8, 4) is 0 Å². The van der Waals surface area contributed by atoms with Gasteiger partial charge in [0.15, 0.2) is 0 Å². The predicted molar refractivity (Wildman–Crippen MR) is 36.7 cm³/mol. The second kappa shape index (κ2) is 3.53. The van der Waals surface area contributed by atoms with E-state index >= 15 is 0 Å². The van der Waals surface area contributed by atoms with Crippen molar-refractivity contribution in [1.29, 1.82) is 0 Å². The van der Waals surface area contributed by atoms with Gasteiger partial charge in [0.25, 0.3) is 0 Å². The molecule has 0 aromatic carbocycles. The van der Waals surface area contributed by atoms with Gasteiger partial charge in [-0.1, -0.05) is 0 Å². The number of hydrogen-bond acceptors (Lipinski definition) is 3. The lowest BCUT2D eigenvalue weighted by atomic mass is 10.3. The molecule has 1 heterocycles. The van der Waals surface area contributed by atoms with Crippen molar-refractivity contribution in [3.05, 3.63) is 0 Å². The molecule has 58 valence electrons. The first kappa shape index (κ1) is 7.50. The first-order valence-electron chi connectivity index (χ1n) is 3.38. The first-order valence-corrected chi connectivity index (χ1v) is 3.38. The van der Waals surface area contributed by atoms with Crippen LogP contribution < -0.4 is 10.6 Å². The van der Waals surface area contributed by atoms with Crippen LogP contribution in [0.1, 0.15) is 0 Å². The van der Waals surface area contributed by atoms with Crippen LogP contribution in [0.4, 0.5) is 0 Å². The zero-order valence-electron chi connectivity index (χ0n) is 6.02. The van der Waals surface area contributed by atoms with Crippen molar-refractivity contribution in [1.82, 2.24) is 10.6 Å². The summed E-state index contributed by atoms with van der Waals surface area (Å²) >= 11 is 0. The Morgan fingerprint density at radius 1 is 1.80 bits per heavy atom. The van der Waals surface area contributed by atoms with Gasteiger partial charge in [-0.3, -0.25) is 4.79 Å². The molecule has 0 aliphatic carbocycles. The fourth-order valence-corrected chi connectivity index (χ4v) is 0.895. The van der Waals surface area contributed by atoms with Crippen molar-refractivity contribution < 1.29 is 9.53 Å². The lowest BCUT2D eigenvalue weighted by Gasteiger charge is -2.21. The average molecular weight is 144 g/mol. The Morgan fingerprint density at radius 2 is 2.60 bits per heavy atom. The molecule has 1 saturated heterocycles. The second-order valence-electron chi connectivity index (χ2n) is 2.18. The number of morpholine rings is 1. The number of hydrogen-bond donors (Lipinski definition) is 2. The third-order valence-corrected chi connectivity index (χ3v) is 1.47. The lowest BCUT2D eigenvalue weighted by Crippen LogP contribution is -2.46. The van der Waals surface area contributed by atoms with Crippen LogP contribution in [-0.2, 0) is 9.53 Å². The van der Waals surface area contributed by atoms with Crippen LogP contribution in [0.25, 0.3) is 0 Å². The Morgan fingerprint density at radius 3 is 3.10 bits per heavy atom. The quantitative estimate of drug-likeness (QED) is 0.482. The standard InChI is InChI=1S/C6H12N2O2/c1-7-6(9)5-4-8-2-3-10-5/h5,8H,2-4H2,1H3,(H,7,9)/t5-/m1/s1. The van der Waals surface area contributed by atoms with E-state index in [1.807, 2.05) is 0 Å². The Kier molecular flexibility index (Phi) is 2.65. The summed E-state index contributed by atoms with van der Waals surface area (Å²) in [7, 11) is 1.61. The van der Waals surface area contributed by atoms with E-state index in [9.17, 15) is 4.79 Å². The zero-order valence-corrected chi connectivity index (χ0v) is 6.02. The number of amides is 1. The largest absolute Gasteiger partial charge is 0.366 e. The summed E-state index contributed by atoms with van der Waals surface area (Å²) in [5.41, 5.74) is 0. The molecule has 0 radical (unpaired) electrons. The molecule has 1 fully saturated rings. The summed E-state index contributed by atoms with van der Waals surface area (Å²) < 4.78 is 5.16. The van der Waals surface area contributed by atoms with Gasteiger partial charge in [-0.2, -0.15) is 0 Å². The molecular formula is C6H12N2O2. The van der Waals surface area contributed by atoms with Gasteiger partial charge in [0.1, 0.15) is 6.10 Å². The molecule has 1 aliphatic rings. The monoisotopic (exact) mass is 144 g/mol. The van der Waals surface area contributed by atoms with E-state index in [0.29, 0.717) is 13.2 Å². The molecule has 2 N–H and O–H groups in total. The molecule has 0 unspecified atom stereocenters. The number of ether oxygens (including phenoxy) is 1. The molecule has 0 aromatic heterocycles. The molecule has 0 aromatic rings. The number of nitrogens with one attached hydrogen (secondary N) is 2. The maximum Gasteiger partial charge on any atom is 0.250 e. The molecule has 4 heteroatoms. The van der Waals surface area contributed by atoms with E-state index in [0.717, 1.165) is 6.54 Å². The van der Waals surface area contributed by atoms with Gasteiger partial charge in [-0.25, -0.2) is 0 Å². The number of carbonyl (C=O) groups excluding carboxylic acids is 1. The minimum Gasteiger partial charge on any atom is -0.366 e. The van der Waals surface area contributed by atoms with Crippen LogP contribution in [0.15, 0.2) is 0 Å². The van der Waals surface area contributed by atoms with E-state index < -0.39 is 0 Å². The maximum absolute atomic E-state index is 10.9. The zero-order chi connectivity index (χ0) is 7.40. The highest BCUT2D eigenvalue weighted by atomic mass is 16.5. The topological polar surface area (TPSA) is 50.4 Å². The predicted octanol–water partition coefficient (Wildman–Crippen LogP) is -1.28. The normalized spacial score (nSPS) is 25.9. The minimum atomic E-state index is -0.293. The van der Waals surface area contributed by atoms with Gasteiger partial charge in [-0.05, 0) is 0 Å². The second-order valence-corrected chi connectivity index (χ2v) is 2.18. The average Bonchev–Trinajstić information content (AvgIpc) is 2.05. The molecule has 0 spiro atoms. The minimum absolute atomic E-state index is 0.0489. The van der Waals surface area contributed by atoms with Gasteiger partial charge in [0, 0.05) is 20.1 Å². The lowest BCUT2D eigenvalue weighted by molar-refractivity contribution is -0.133. The summed E-state index contributed by atoms with van der Waals surface area (Å²) in [5, 5.41) is 5.59. The smallest absolute Gasteiger partial charge is 0.250 e. The van der Waals surface area contributed by atoms with Crippen LogP contribution in [0, 0.1) is 0 Å². The van der Waals surface area contributed by atoms with Gasteiger partial charge >= 0.3 is 0 Å². The van der Waals surface area contributed by atoms with Crippen molar-refractivity contribution >= 4 is 5.91 Å². The summed E-state index contributed by atoms with van der Waals surface area (Å²) in [5.74, 6) is -0.0489. The highest BCUT2D eigenvalue weighted by Gasteiger charge is 2.19. The molecule has 4 nitrogen and oxygen atoms in total.